The Kier molecular flexibility index (Phi) is 3.87. The van der Waals surface area contributed by atoms with E-state index in [1.165, 1.54) is 0 Å². The van der Waals surface area contributed by atoms with Crippen LogP contribution in [0.25, 0.3) is 0 Å². The summed E-state index contributed by atoms with van der Waals surface area (Å²) in [7, 11) is 5.64. The highest BCUT2D eigenvalue weighted by Crippen LogP contribution is 2.00. The number of nitrogens with zero attached hydrogens (tertiary/aromatic N) is 1. The topological polar surface area (TPSA) is 66.4 Å². The van der Waals surface area contributed by atoms with Crippen molar-refractivity contribution >= 4 is 11.9 Å². The standard InChI is InChI=1S/C8H16N2O3/c1-6(10(2,3)4)8(13)9-5-7(11)12/h6H,5H2,1-4H3,(H-,9,11,12,13)/p+1/t6-/m1/s1. The van der Waals surface area contributed by atoms with Gasteiger partial charge in [-0.15, -0.1) is 0 Å². The van der Waals surface area contributed by atoms with Crippen molar-refractivity contribution in [2.75, 3.05) is 27.7 Å². The molecule has 13 heavy (non-hydrogen) atoms. The largest absolute Gasteiger partial charge is 0.480 e. The second-order valence-electron chi connectivity index (χ2n) is 3.90. The number of nitrogens with one attached hydrogen (secondary N) is 1. The van der Waals surface area contributed by atoms with Crippen LogP contribution < -0.4 is 5.32 Å². The lowest BCUT2D eigenvalue weighted by Gasteiger charge is -2.30. The summed E-state index contributed by atoms with van der Waals surface area (Å²) in [6.07, 6.45) is 0. The lowest BCUT2D eigenvalue weighted by atomic mass is 10.2. The van der Waals surface area contributed by atoms with Gasteiger partial charge >= 0.3 is 5.97 Å². The highest BCUT2D eigenvalue weighted by atomic mass is 16.4. The maximum Gasteiger partial charge on any atom is 0.322 e. The average Bonchev–Trinajstić information content (AvgIpc) is 1.96. The lowest BCUT2D eigenvalue weighted by molar-refractivity contribution is -0.884. The lowest BCUT2D eigenvalue weighted by Crippen LogP contribution is -2.52. The van der Waals surface area contributed by atoms with Gasteiger partial charge in [0.1, 0.15) is 6.54 Å². The van der Waals surface area contributed by atoms with Crippen molar-refractivity contribution in [1.29, 1.82) is 0 Å². The van der Waals surface area contributed by atoms with E-state index in [0.29, 0.717) is 4.48 Å². The predicted octanol–water partition coefficient (Wildman–Crippen LogP) is -0.718. The van der Waals surface area contributed by atoms with Crippen LogP contribution in [0.3, 0.4) is 0 Å². The highest BCUT2D eigenvalue weighted by molar-refractivity contribution is 5.84. The number of carboxylic acids is 1. The third-order valence-corrected chi connectivity index (χ3v) is 1.96. The Labute approximate surface area is 77.9 Å². The summed E-state index contributed by atoms with van der Waals surface area (Å²) in [5.41, 5.74) is 0. The summed E-state index contributed by atoms with van der Waals surface area (Å²) < 4.78 is 0.478. The number of carboxylic acid groups (broad SMARTS) is 1. The van der Waals surface area contributed by atoms with Crippen LogP contribution in [0.15, 0.2) is 0 Å². The summed E-state index contributed by atoms with van der Waals surface area (Å²) in [6.45, 7) is 1.44. The van der Waals surface area contributed by atoms with Gasteiger partial charge < -0.3 is 14.9 Å². The van der Waals surface area contributed by atoms with Gasteiger partial charge in [-0.05, 0) is 6.92 Å². The molecular formula is C8H17N2O3+. The van der Waals surface area contributed by atoms with Gasteiger partial charge in [0.05, 0.1) is 21.1 Å². The van der Waals surface area contributed by atoms with Crippen LogP contribution in [0.5, 0.6) is 0 Å². The molecule has 76 valence electrons. The first-order valence-corrected chi connectivity index (χ1v) is 4.05. The highest BCUT2D eigenvalue weighted by Gasteiger charge is 2.26. The number of carbonyl (C=O) groups excluding carboxylic acids is 1. The molecule has 2 N–H and O–H groups in total. The van der Waals surface area contributed by atoms with Gasteiger partial charge in [-0.3, -0.25) is 9.59 Å². The van der Waals surface area contributed by atoms with Crippen LogP contribution in [0.1, 0.15) is 6.92 Å². The van der Waals surface area contributed by atoms with E-state index in [-0.39, 0.29) is 18.5 Å². The Balaban J connectivity index is 4.05. The van der Waals surface area contributed by atoms with Crippen LogP contribution in [-0.2, 0) is 9.59 Å². The molecule has 1 amide bonds. The van der Waals surface area contributed by atoms with Gasteiger partial charge in [0.25, 0.3) is 5.91 Å². The maximum absolute atomic E-state index is 11.3. The first-order chi connectivity index (χ1) is 5.75. The third kappa shape index (κ3) is 4.47. The SMILES string of the molecule is C[C@H](C(=O)NCC(=O)O)[N+](C)(C)C. The number of rotatable bonds is 4. The Morgan fingerprint density at radius 2 is 1.85 bits per heavy atom. The molecule has 0 aromatic rings. The molecule has 0 aliphatic carbocycles. The van der Waals surface area contributed by atoms with Crippen molar-refractivity contribution in [2.45, 2.75) is 13.0 Å². The van der Waals surface area contributed by atoms with E-state index in [4.69, 9.17) is 5.11 Å². The third-order valence-electron chi connectivity index (χ3n) is 1.96. The molecule has 1 atom stereocenters. The number of carbonyl (C=O) groups is 2. The van der Waals surface area contributed by atoms with Crippen LogP contribution in [0.2, 0.25) is 0 Å². The second-order valence-corrected chi connectivity index (χ2v) is 3.90. The molecule has 0 spiro atoms. The number of hydrogen-bond donors (Lipinski definition) is 2. The molecule has 0 saturated carbocycles. The van der Waals surface area contributed by atoms with E-state index in [0.717, 1.165) is 0 Å². The fourth-order valence-corrected chi connectivity index (χ4v) is 0.662. The van der Waals surface area contributed by atoms with Gasteiger partial charge in [0.15, 0.2) is 6.04 Å². The monoisotopic (exact) mass is 189 g/mol. The minimum Gasteiger partial charge on any atom is -0.480 e. The van der Waals surface area contributed by atoms with Gasteiger partial charge in [-0.25, -0.2) is 0 Å². The van der Waals surface area contributed by atoms with Gasteiger partial charge in [-0.2, -0.15) is 0 Å². The molecule has 5 heteroatoms. The summed E-state index contributed by atoms with van der Waals surface area (Å²) in [6, 6.07) is -0.251. The first kappa shape index (κ1) is 11.9. The van der Waals surface area contributed by atoms with Gasteiger partial charge in [0.2, 0.25) is 0 Å². The summed E-state index contributed by atoms with van der Waals surface area (Å²) in [5.74, 6) is -1.27. The summed E-state index contributed by atoms with van der Waals surface area (Å²) in [5, 5.41) is 10.7. The van der Waals surface area contributed by atoms with Crippen molar-refractivity contribution < 1.29 is 19.2 Å². The maximum atomic E-state index is 11.3. The van der Waals surface area contributed by atoms with E-state index in [1.54, 1.807) is 6.92 Å². The quantitative estimate of drug-likeness (QED) is 0.574. The van der Waals surface area contributed by atoms with Crippen molar-refractivity contribution in [1.82, 2.24) is 5.32 Å². The van der Waals surface area contributed by atoms with Crippen LogP contribution >= 0.6 is 0 Å². The number of amides is 1. The molecule has 0 aliphatic rings. The fraction of sp³-hybridized carbons (Fsp3) is 0.750. The Morgan fingerprint density at radius 1 is 1.38 bits per heavy atom. The molecule has 0 unspecified atom stereocenters. The zero-order valence-corrected chi connectivity index (χ0v) is 8.50. The molecule has 0 radical (unpaired) electrons. The molecule has 0 fully saturated rings. The number of hydrogen-bond acceptors (Lipinski definition) is 2. The summed E-state index contributed by atoms with van der Waals surface area (Å²) in [4.78, 5) is 21.5. The van der Waals surface area contributed by atoms with E-state index in [1.807, 2.05) is 21.1 Å². The van der Waals surface area contributed by atoms with Crippen LogP contribution in [-0.4, -0.2) is 55.2 Å². The normalized spacial score (nSPS) is 13.5. The van der Waals surface area contributed by atoms with Crippen LogP contribution in [0.4, 0.5) is 0 Å². The first-order valence-electron chi connectivity index (χ1n) is 4.05. The smallest absolute Gasteiger partial charge is 0.322 e. The zero-order chi connectivity index (χ0) is 10.6. The number of aliphatic carboxylic acids is 1. The molecular weight excluding hydrogens is 172 g/mol. The Bertz CT molecular complexity index is 208. The molecule has 0 heterocycles. The van der Waals surface area contributed by atoms with Crippen LogP contribution in [0, 0.1) is 0 Å². The molecule has 0 aliphatic heterocycles. The Morgan fingerprint density at radius 3 is 2.15 bits per heavy atom. The molecule has 0 aromatic heterocycles. The van der Waals surface area contributed by atoms with E-state index in [2.05, 4.69) is 5.32 Å². The predicted molar refractivity (Wildman–Crippen MR) is 48.1 cm³/mol. The molecule has 0 rings (SSSR count). The molecule has 5 nitrogen and oxygen atoms in total. The molecule has 0 bridgehead atoms. The molecule has 0 saturated heterocycles. The van der Waals surface area contributed by atoms with Crippen molar-refractivity contribution in [3.05, 3.63) is 0 Å². The van der Waals surface area contributed by atoms with E-state index in [9.17, 15) is 9.59 Å². The number of likely N-dealkylation sites (N-methyl/N-ethyl adjacent to an activating group) is 1. The minimum absolute atomic E-state index is 0.241. The average molecular weight is 189 g/mol. The van der Waals surface area contributed by atoms with Crippen molar-refractivity contribution in [3.63, 3.8) is 0 Å². The van der Waals surface area contributed by atoms with Gasteiger partial charge in [-0.1, -0.05) is 0 Å². The van der Waals surface area contributed by atoms with Crippen molar-refractivity contribution in [3.8, 4) is 0 Å². The second kappa shape index (κ2) is 4.23. The Hall–Kier alpha value is -1.10. The van der Waals surface area contributed by atoms with E-state index >= 15 is 0 Å². The van der Waals surface area contributed by atoms with Gasteiger partial charge in [0, 0.05) is 0 Å². The zero-order valence-electron chi connectivity index (χ0n) is 8.50. The molecule has 0 aromatic carbocycles. The fourth-order valence-electron chi connectivity index (χ4n) is 0.662. The summed E-state index contributed by atoms with van der Waals surface area (Å²) >= 11 is 0. The number of quaternary nitrogens is 1. The van der Waals surface area contributed by atoms with Crippen molar-refractivity contribution in [2.24, 2.45) is 0 Å². The minimum atomic E-state index is -1.03. The van der Waals surface area contributed by atoms with E-state index < -0.39 is 5.97 Å².